The second-order valence-electron chi connectivity index (χ2n) is 3.99. The second kappa shape index (κ2) is 5.30. The molecule has 0 saturated carbocycles. The van der Waals surface area contributed by atoms with Crippen molar-refractivity contribution < 1.29 is 18.5 Å². The fraction of sp³-hybridized carbons (Fsp3) is 0.154. The van der Waals surface area contributed by atoms with Crippen LogP contribution in [0.25, 0.3) is 11.5 Å². The third kappa shape index (κ3) is 2.62. The minimum Gasteiger partial charge on any atom is -0.461 e. The van der Waals surface area contributed by atoms with Crippen molar-refractivity contribution in [3.63, 3.8) is 0 Å². The van der Waals surface area contributed by atoms with E-state index in [1.165, 1.54) is 11.3 Å². The van der Waals surface area contributed by atoms with Gasteiger partial charge in [0.25, 0.3) is 0 Å². The molecule has 0 aliphatic carbocycles. The normalized spacial score (nSPS) is 10.7. The average Bonchev–Trinajstić information content (AvgIpc) is 3.16. The molecule has 0 N–H and O–H groups in total. The molecule has 7 heteroatoms. The highest BCUT2D eigenvalue weighted by Crippen LogP contribution is 2.21. The van der Waals surface area contributed by atoms with Gasteiger partial charge < -0.3 is 13.7 Å². The molecular weight excluding hydrogens is 280 g/mol. The number of aryl methyl sites for hydroxylation is 1. The van der Waals surface area contributed by atoms with E-state index in [0.29, 0.717) is 22.9 Å². The van der Waals surface area contributed by atoms with E-state index in [4.69, 9.17) is 13.7 Å². The molecule has 0 aliphatic rings. The van der Waals surface area contributed by atoms with Crippen LogP contribution < -0.4 is 0 Å². The van der Waals surface area contributed by atoms with Gasteiger partial charge in [-0.05, 0) is 19.1 Å². The van der Waals surface area contributed by atoms with Crippen molar-refractivity contribution in [1.29, 1.82) is 0 Å². The minimum absolute atomic E-state index is 0.0274. The summed E-state index contributed by atoms with van der Waals surface area (Å²) in [5.74, 6) is 0.590. The SMILES string of the molecule is Cc1nc(C(=O)OCc2cc(-c3ccco3)on2)cs1. The Balaban J connectivity index is 1.63. The van der Waals surface area contributed by atoms with Gasteiger partial charge in [0, 0.05) is 11.4 Å². The number of thiazole rings is 1. The zero-order valence-corrected chi connectivity index (χ0v) is 11.3. The van der Waals surface area contributed by atoms with Crippen LogP contribution in [0.4, 0.5) is 0 Å². The molecule has 0 fully saturated rings. The minimum atomic E-state index is -0.475. The second-order valence-corrected chi connectivity index (χ2v) is 5.05. The maximum atomic E-state index is 11.7. The zero-order chi connectivity index (χ0) is 13.9. The first-order valence-electron chi connectivity index (χ1n) is 5.81. The lowest BCUT2D eigenvalue weighted by atomic mass is 10.3. The number of furan rings is 1. The van der Waals surface area contributed by atoms with Crippen LogP contribution in [0, 0.1) is 6.92 Å². The molecule has 3 heterocycles. The van der Waals surface area contributed by atoms with Gasteiger partial charge in [-0.1, -0.05) is 5.16 Å². The van der Waals surface area contributed by atoms with Gasteiger partial charge in [-0.15, -0.1) is 11.3 Å². The van der Waals surface area contributed by atoms with Gasteiger partial charge in [0.1, 0.15) is 12.3 Å². The molecule has 0 aromatic carbocycles. The van der Waals surface area contributed by atoms with Crippen LogP contribution in [0.5, 0.6) is 0 Å². The van der Waals surface area contributed by atoms with Crippen molar-refractivity contribution in [1.82, 2.24) is 10.1 Å². The van der Waals surface area contributed by atoms with Crippen LogP contribution in [-0.4, -0.2) is 16.1 Å². The van der Waals surface area contributed by atoms with E-state index in [1.807, 2.05) is 6.92 Å². The quantitative estimate of drug-likeness (QED) is 0.687. The molecular formula is C13H10N2O4S. The van der Waals surface area contributed by atoms with E-state index >= 15 is 0 Å². The highest BCUT2D eigenvalue weighted by molar-refractivity contribution is 7.09. The molecule has 3 rings (SSSR count). The van der Waals surface area contributed by atoms with Gasteiger partial charge in [0.05, 0.1) is 11.3 Å². The lowest BCUT2D eigenvalue weighted by Gasteiger charge is -1.98. The number of hydrogen-bond donors (Lipinski definition) is 0. The summed E-state index contributed by atoms with van der Waals surface area (Å²) in [6.45, 7) is 1.86. The van der Waals surface area contributed by atoms with Gasteiger partial charge in [0.15, 0.2) is 11.5 Å². The number of carbonyl (C=O) groups excluding carboxylic acids is 1. The lowest BCUT2D eigenvalue weighted by molar-refractivity contribution is 0.0458. The first-order chi connectivity index (χ1) is 9.72. The predicted molar refractivity (Wildman–Crippen MR) is 70.2 cm³/mol. The smallest absolute Gasteiger partial charge is 0.358 e. The van der Waals surface area contributed by atoms with E-state index in [9.17, 15) is 4.79 Å². The van der Waals surface area contributed by atoms with E-state index in [2.05, 4.69) is 10.1 Å². The first-order valence-corrected chi connectivity index (χ1v) is 6.69. The number of carbonyl (C=O) groups is 1. The Labute approximate surface area is 118 Å². The Kier molecular flexibility index (Phi) is 3.34. The van der Waals surface area contributed by atoms with Crippen molar-refractivity contribution >= 4 is 17.3 Å². The van der Waals surface area contributed by atoms with Gasteiger partial charge >= 0.3 is 5.97 Å². The topological polar surface area (TPSA) is 78.4 Å². The molecule has 6 nitrogen and oxygen atoms in total. The zero-order valence-electron chi connectivity index (χ0n) is 10.5. The van der Waals surface area contributed by atoms with Gasteiger partial charge in [0.2, 0.25) is 5.76 Å². The van der Waals surface area contributed by atoms with E-state index < -0.39 is 5.97 Å². The molecule has 0 bridgehead atoms. The summed E-state index contributed by atoms with van der Waals surface area (Å²) < 4.78 is 15.4. The van der Waals surface area contributed by atoms with Crippen molar-refractivity contribution in [2.45, 2.75) is 13.5 Å². The standard InChI is InChI=1S/C13H10N2O4S/c1-8-14-10(7-20-8)13(16)18-6-9-5-12(19-15-9)11-3-2-4-17-11/h2-5,7H,6H2,1H3. The number of nitrogens with zero attached hydrogens (tertiary/aromatic N) is 2. The van der Waals surface area contributed by atoms with E-state index in [1.54, 1.807) is 29.8 Å². The van der Waals surface area contributed by atoms with Crippen molar-refractivity contribution in [3.05, 3.63) is 46.2 Å². The Bertz CT molecular complexity index is 714. The van der Waals surface area contributed by atoms with Crippen LogP contribution in [0.3, 0.4) is 0 Å². The highest BCUT2D eigenvalue weighted by atomic mass is 32.1. The summed E-state index contributed by atoms with van der Waals surface area (Å²) in [6.07, 6.45) is 1.54. The number of esters is 1. The van der Waals surface area contributed by atoms with Gasteiger partial charge in [-0.2, -0.15) is 0 Å². The van der Waals surface area contributed by atoms with Crippen molar-refractivity contribution in [3.8, 4) is 11.5 Å². The molecule has 3 aromatic rings. The van der Waals surface area contributed by atoms with Gasteiger partial charge in [-0.3, -0.25) is 0 Å². The average molecular weight is 290 g/mol. The largest absolute Gasteiger partial charge is 0.461 e. The summed E-state index contributed by atoms with van der Waals surface area (Å²) >= 11 is 1.40. The van der Waals surface area contributed by atoms with Gasteiger partial charge in [-0.25, -0.2) is 9.78 Å². The molecule has 0 spiro atoms. The van der Waals surface area contributed by atoms with Crippen molar-refractivity contribution in [2.75, 3.05) is 0 Å². The number of ether oxygens (including phenoxy) is 1. The maximum Gasteiger partial charge on any atom is 0.358 e. The monoisotopic (exact) mass is 290 g/mol. The summed E-state index contributed by atoms with van der Waals surface area (Å²) in [5.41, 5.74) is 0.818. The van der Waals surface area contributed by atoms with Crippen LogP contribution in [0.1, 0.15) is 21.2 Å². The van der Waals surface area contributed by atoms with Crippen LogP contribution >= 0.6 is 11.3 Å². The molecule has 0 radical (unpaired) electrons. The molecule has 0 atom stereocenters. The van der Waals surface area contributed by atoms with Crippen LogP contribution in [-0.2, 0) is 11.3 Å². The molecule has 0 saturated heterocycles. The van der Waals surface area contributed by atoms with E-state index in [0.717, 1.165) is 5.01 Å². The summed E-state index contributed by atoms with van der Waals surface area (Å²) in [7, 11) is 0. The third-order valence-corrected chi connectivity index (χ3v) is 3.28. The Morgan fingerprint density at radius 1 is 1.45 bits per heavy atom. The predicted octanol–water partition coefficient (Wildman–Crippen LogP) is 3.06. The van der Waals surface area contributed by atoms with Crippen LogP contribution in [0.15, 0.2) is 38.8 Å². The van der Waals surface area contributed by atoms with E-state index in [-0.39, 0.29) is 6.61 Å². The number of rotatable bonds is 4. The summed E-state index contributed by atoms with van der Waals surface area (Å²) in [5, 5.41) is 6.29. The number of aromatic nitrogens is 2. The fourth-order valence-corrected chi connectivity index (χ4v) is 2.17. The summed E-state index contributed by atoms with van der Waals surface area (Å²) in [6, 6.07) is 5.18. The molecule has 0 unspecified atom stereocenters. The fourth-order valence-electron chi connectivity index (χ4n) is 1.59. The molecule has 3 aromatic heterocycles. The first kappa shape index (κ1) is 12.6. The van der Waals surface area contributed by atoms with Crippen LogP contribution in [0.2, 0.25) is 0 Å². The Hall–Kier alpha value is -2.41. The maximum absolute atomic E-state index is 11.7. The molecule has 0 aliphatic heterocycles. The Morgan fingerprint density at radius 3 is 3.05 bits per heavy atom. The molecule has 102 valence electrons. The third-order valence-electron chi connectivity index (χ3n) is 2.50. The lowest BCUT2D eigenvalue weighted by Crippen LogP contribution is -2.05. The van der Waals surface area contributed by atoms with Crippen molar-refractivity contribution in [2.24, 2.45) is 0 Å². The molecule has 20 heavy (non-hydrogen) atoms. The Morgan fingerprint density at radius 2 is 2.35 bits per heavy atom. The summed E-state index contributed by atoms with van der Waals surface area (Å²) in [4.78, 5) is 15.8. The number of hydrogen-bond acceptors (Lipinski definition) is 7. The highest BCUT2D eigenvalue weighted by Gasteiger charge is 2.14. The molecule has 0 amide bonds.